The van der Waals surface area contributed by atoms with Crippen molar-refractivity contribution in [3.63, 3.8) is 0 Å². The van der Waals surface area contributed by atoms with Crippen molar-refractivity contribution in [2.45, 2.75) is 38.1 Å². The van der Waals surface area contributed by atoms with Crippen LogP contribution in [0.3, 0.4) is 0 Å². The van der Waals surface area contributed by atoms with Gasteiger partial charge in [0.2, 0.25) is 5.91 Å². The number of carbonyl (C=O) groups excluding carboxylic acids is 1. The van der Waals surface area contributed by atoms with E-state index in [0.29, 0.717) is 5.91 Å². The number of carbonyl (C=O) groups is 1. The van der Waals surface area contributed by atoms with Crippen LogP contribution in [0, 0.1) is 5.92 Å². The monoisotopic (exact) mass is 272 g/mol. The molecular weight excluding hydrogens is 248 g/mol. The summed E-state index contributed by atoms with van der Waals surface area (Å²) >= 11 is 0. The summed E-state index contributed by atoms with van der Waals surface area (Å²) in [7, 11) is 0. The Bertz CT molecular complexity index is 432. The summed E-state index contributed by atoms with van der Waals surface area (Å²) in [4.78, 5) is 14.4. The van der Waals surface area contributed by atoms with Gasteiger partial charge in [-0.1, -0.05) is 30.3 Å². The van der Waals surface area contributed by atoms with Crippen molar-refractivity contribution in [1.82, 2.24) is 10.2 Å². The molecule has 2 fully saturated rings. The summed E-state index contributed by atoms with van der Waals surface area (Å²) in [5, 5.41) is 3.31. The van der Waals surface area contributed by atoms with Gasteiger partial charge in [0.25, 0.3) is 0 Å². The van der Waals surface area contributed by atoms with E-state index in [1.54, 1.807) is 0 Å². The lowest BCUT2D eigenvalue weighted by molar-refractivity contribution is -0.134. The first-order valence-electron chi connectivity index (χ1n) is 7.89. The molecule has 3 nitrogen and oxygen atoms in total. The van der Waals surface area contributed by atoms with Gasteiger partial charge >= 0.3 is 0 Å². The average molecular weight is 272 g/mol. The Morgan fingerprint density at radius 3 is 2.55 bits per heavy atom. The van der Waals surface area contributed by atoms with Crippen LogP contribution in [0.15, 0.2) is 30.3 Å². The molecule has 0 bridgehead atoms. The van der Waals surface area contributed by atoms with Gasteiger partial charge in [-0.25, -0.2) is 0 Å². The number of hydrogen-bond donors (Lipinski definition) is 1. The second kappa shape index (κ2) is 6.40. The van der Waals surface area contributed by atoms with E-state index in [9.17, 15) is 4.79 Å². The smallest absolute Gasteiger partial charge is 0.239 e. The Morgan fingerprint density at radius 1 is 1.15 bits per heavy atom. The topological polar surface area (TPSA) is 32.3 Å². The molecule has 108 valence electrons. The SMILES string of the molecule is O=C(C1CCCN1)N1CCC(Cc2ccccc2)CC1. The van der Waals surface area contributed by atoms with E-state index in [4.69, 9.17) is 0 Å². The largest absolute Gasteiger partial charge is 0.341 e. The Balaban J connectivity index is 1.48. The molecule has 3 heteroatoms. The number of likely N-dealkylation sites (tertiary alicyclic amines) is 1. The zero-order valence-electron chi connectivity index (χ0n) is 12.1. The second-order valence-corrected chi connectivity index (χ2v) is 6.11. The molecule has 2 aliphatic heterocycles. The van der Waals surface area contributed by atoms with Gasteiger partial charge in [-0.2, -0.15) is 0 Å². The van der Waals surface area contributed by atoms with E-state index in [0.717, 1.165) is 57.7 Å². The molecule has 1 aromatic carbocycles. The van der Waals surface area contributed by atoms with Gasteiger partial charge < -0.3 is 10.2 Å². The normalized spacial score (nSPS) is 24.0. The number of hydrogen-bond acceptors (Lipinski definition) is 2. The van der Waals surface area contributed by atoms with Gasteiger partial charge in [-0.15, -0.1) is 0 Å². The molecule has 2 saturated heterocycles. The molecule has 1 unspecified atom stereocenters. The number of benzene rings is 1. The molecule has 20 heavy (non-hydrogen) atoms. The maximum Gasteiger partial charge on any atom is 0.239 e. The minimum Gasteiger partial charge on any atom is -0.341 e. The van der Waals surface area contributed by atoms with Crippen LogP contribution in [0.4, 0.5) is 0 Å². The van der Waals surface area contributed by atoms with E-state index in [1.807, 2.05) is 0 Å². The van der Waals surface area contributed by atoms with Crippen LogP contribution in [-0.2, 0) is 11.2 Å². The molecule has 0 radical (unpaired) electrons. The summed E-state index contributed by atoms with van der Waals surface area (Å²) in [5.41, 5.74) is 1.43. The minimum atomic E-state index is 0.0978. The highest BCUT2D eigenvalue weighted by Gasteiger charge is 2.29. The number of rotatable bonds is 3. The number of nitrogens with zero attached hydrogens (tertiary/aromatic N) is 1. The van der Waals surface area contributed by atoms with E-state index in [2.05, 4.69) is 40.5 Å². The van der Waals surface area contributed by atoms with Crippen LogP contribution in [0.1, 0.15) is 31.2 Å². The van der Waals surface area contributed by atoms with Crippen LogP contribution in [-0.4, -0.2) is 36.5 Å². The fraction of sp³-hybridized carbons (Fsp3) is 0.588. The quantitative estimate of drug-likeness (QED) is 0.915. The zero-order valence-corrected chi connectivity index (χ0v) is 12.1. The van der Waals surface area contributed by atoms with Crippen LogP contribution >= 0.6 is 0 Å². The molecule has 2 aliphatic rings. The van der Waals surface area contributed by atoms with Crippen molar-refractivity contribution in [3.05, 3.63) is 35.9 Å². The standard InChI is InChI=1S/C17H24N2O/c20-17(16-7-4-10-18-16)19-11-8-15(9-12-19)13-14-5-2-1-3-6-14/h1-3,5-6,15-16,18H,4,7-13H2. The molecule has 0 aliphatic carbocycles. The fourth-order valence-electron chi connectivity index (χ4n) is 3.42. The molecule has 1 amide bonds. The highest BCUT2D eigenvalue weighted by molar-refractivity contribution is 5.82. The van der Waals surface area contributed by atoms with Crippen LogP contribution in [0.5, 0.6) is 0 Å². The lowest BCUT2D eigenvalue weighted by Gasteiger charge is -2.33. The average Bonchev–Trinajstić information content (AvgIpc) is 3.03. The van der Waals surface area contributed by atoms with E-state index in [1.165, 1.54) is 5.56 Å². The van der Waals surface area contributed by atoms with Crippen LogP contribution in [0.25, 0.3) is 0 Å². The third kappa shape index (κ3) is 3.21. The van der Waals surface area contributed by atoms with Crippen LogP contribution < -0.4 is 5.32 Å². The predicted octanol–water partition coefficient (Wildman–Crippen LogP) is 2.22. The van der Waals surface area contributed by atoms with Crippen molar-refractivity contribution >= 4 is 5.91 Å². The zero-order chi connectivity index (χ0) is 13.8. The molecule has 1 N–H and O–H groups in total. The lowest BCUT2D eigenvalue weighted by Crippen LogP contribution is -2.47. The molecule has 0 spiro atoms. The van der Waals surface area contributed by atoms with Gasteiger partial charge in [0, 0.05) is 13.1 Å². The highest BCUT2D eigenvalue weighted by Crippen LogP contribution is 2.22. The lowest BCUT2D eigenvalue weighted by atomic mass is 9.90. The van der Waals surface area contributed by atoms with Gasteiger partial charge in [0.15, 0.2) is 0 Å². The van der Waals surface area contributed by atoms with Crippen molar-refractivity contribution in [2.75, 3.05) is 19.6 Å². The highest BCUT2D eigenvalue weighted by atomic mass is 16.2. The summed E-state index contributed by atoms with van der Waals surface area (Å²) in [6.07, 6.45) is 5.61. The summed E-state index contributed by atoms with van der Waals surface area (Å²) in [6.45, 7) is 2.88. The molecule has 2 heterocycles. The Hall–Kier alpha value is -1.35. The first kappa shape index (κ1) is 13.6. The second-order valence-electron chi connectivity index (χ2n) is 6.11. The fourth-order valence-corrected chi connectivity index (χ4v) is 3.42. The Morgan fingerprint density at radius 2 is 1.90 bits per heavy atom. The third-order valence-electron chi connectivity index (χ3n) is 4.65. The molecular formula is C17H24N2O. The summed E-state index contributed by atoms with van der Waals surface area (Å²) in [5.74, 6) is 1.07. The number of piperidine rings is 1. The molecule has 0 aromatic heterocycles. The van der Waals surface area contributed by atoms with Crippen LogP contribution in [0.2, 0.25) is 0 Å². The van der Waals surface area contributed by atoms with Gasteiger partial charge in [-0.3, -0.25) is 4.79 Å². The molecule has 1 aromatic rings. The van der Waals surface area contributed by atoms with Crippen molar-refractivity contribution in [3.8, 4) is 0 Å². The summed E-state index contributed by atoms with van der Waals surface area (Å²) < 4.78 is 0. The maximum absolute atomic E-state index is 12.3. The first-order chi connectivity index (χ1) is 9.83. The predicted molar refractivity (Wildman–Crippen MR) is 80.5 cm³/mol. The Labute approximate surface area is 121 Å². The first-order valence-corrected chi connectivity index (χ1v) is 7.89. The number of nitrogens with one attached hydrogen (secondary N) is 1. The molecule has 0 saturated carbocycles. The van der Waals surface area contributed by atoms with Gasteiger partial charge in [0.05, 0.1) is 6.04 Å². The van der Waals surface area contributed by atoms with Crippen molar-refractivity contribution < 1.29 is 4.79 Å². The van der Waals surface area contributed by atoms with Crippen molar-refractivity contribution in [2.24, 2.45) is 5.92 Å². The van der Waals surface area contributed by atoms with Gasteiger partial charge in [0.1, 0.15) is 0 Å². The summed E-state index contributed by atoms with van der Waals surface area (Å²) in [6, 6.07) is 10.8. The molecule has 1 atom stereocenters. The third-order valence-corrected chi connectivity index (χ3v) is 4.65. The van der Waals surface area contributed by atoms with E-state index < -0.39 is 0 Å². The van der Waals surface area contributed by atoms with E-state index >= 15 is 0 Å². The maximum atomic E-state index is 12.3. The van der Waals surface area contributed by atoms with E-state index in [-0.39, 0.29) is 6.04 Å². The van der Waals surface area contributed by atoms with Crippen molar-refractivity contribution in [1.29, 1.82) is 0 Å². The van der Waals surface area contributed by atoms with Gasteiger partial charge in [-0.05, 0) is 50.1 Å². The number of amides is 1. The molecule has 3 rings (SSSR count). The minimum absolute atomic E-state index is 0.0978. The Kier molecular flexibility index (Phi) is 4.36.